The van der Waals surface area contributed by atoms with Gasteiger partial charge in [-0.1, -0.05) is 13.8 Å². The number of amides is 2. The van der Waals surface area contributed by atoms with Crippen LogP contribution >= 0.6 is 0 Å². The number of hydrogen-bond acceptors (Lipinski definition) is 3. The van der Waals surface area contributed by atoms with E-state index in [0.717, 1.165) is 6.42 Å². The van der Waals surface area contributed by atoms with Crippen molar-refractivity contribution in [2.24, 2.45) is 5.92 Å². The van der Waals surface area contributed by atoms with Crippen LogP contribution in [0.1, 0.15) is 50.9 Å². The van der Waals surface area contributed by atoms with E-state index in [9.17, 15) is 14.0 Å². The monoisotopic (exact) mass is 364 g/mol. The molecule has 1 saturated heterocycles. The predicted molar refractivity (Wildman–Crippen MR) is 98.7 cm³/mol. The molecule has 6 heteroatoms. The lowest BCUT2D eigenvalue weighted by atomic mass is 10.1. The number of rotatable bonds is 5. The number of carbonyl (C=O) groups is 2. The molecule has 0 aliphatic carbocycles. The number of benzene rings is 1. The smallest absolute Gasteiger partial charge is 0.254 e. The number of nitrogens with zero attached hydrogens (tertiary/aromatic N) is 2. The van der Waals surface area contributed by atoms with Gasteiger partial charge in [0.1, 0.15) is 0 Å². The van der Waals surface area contributed by atoms with Gasteiger partial charge in [-0.3, -0.25) is 9.59 Å². The summed E-state index contributed by atoms with van der Waals surface area (Å²) in [6.07, 6.45) is 1.12. The van der Waals surface area contributed by atoms with Crippen molar-refractivity contribution in [2.75, 3.05) is 26.2 Å². The SMILES string of the molecule is CC(C)CC(=O)N1CCCN(C(=O)c2ccc(OC(C)C)c(F)c2)CC1. The lowest BCUT2D eigenvalue weighted by molar-refractivity contribution is -0.131. The molecule has 1 heterocycles. The molecular weight excluding hydrogens is 335 g/mol. The average molecular weight is 364 g/mol. The summed E-state index contributed by atoms with van der Waals surface area (Å²) in [5, 5.41) is 0. The standard InChI is InChI=1S/C20H29FN2O3/c1-14(2)12-19(24)22-8-5-9-23(11-10-22)20(25)16-6-7-18(17(21)13-16)26-15(3)4/h6-7,13-15H,5,8-12H2,1-4H3. The molecule has 2 amide bonds. The Morgan fingerprint density at radius 2 is 1.73 bits per heavy atom. The van der Waals surface area contributed by atoms with E-state index < -0.39 is 5.82 Å². The summed E-state index contributed by atoms with van der Waals surface area (Å²) in [5.41, 5.74) is 0.306. The third kappa shape index (κ3) is 5.44. The maximum absolute atomic E-state index is 14.2. The Morgan fingerprint density at radius 3 is 2.35 bits per heavy atom. The van der Waals surface area contributed by atoms with Gasteiger partial charge in [0.05, 0.1) is 6.10 Å². The van der Waals surface area contributed by atoms with Gasteiger partial charge in [-0.2, -0.15) is 0 Å². The quantitative estimate of drug-likeness (QED) is 0.805. The Morgan fingerprint density at radius 1 is 1.08 bits per heavy atom. The zero-order valence-corrected chi connectivity index (χ0v) is 16.1. The van der Waals surface area contributed by atoms with Crippen LogP contribution in [0.25, 0.3) is 0 Å². The van der Waals surface area contributed by atoms with E-state index in [2.05, 4.69) is 0 Å². The van der Waals surface area contributed by atoms with Crippen LogP contribution in [0.4, 0.5) is 4.39 Å². The van der Waals surface area contributed by atoms with Crippen molar-refractivity contribution in [3.63, 3.8) is 0 Å². The van der Waals surface area contributed by atoms with Crippen LogP contribution in [0.3, 0.4) is 0 Å². The Bertz CT molecular complexity index is 646. The molecule has 2 rings (SSSR count). The lowest BCUT2D eigenvalue weighted by Gasteiger charge is -2.23. The number of carbonyl (C=O) groups excluding carboxylic acids is 2. The third-order valence-electron chi connectivity index (χ3n) is 4.26. The first-order chi connectivity index (χ1) is 12.3. The minimum Gasteiger partial charge on any atom is -0.488 e. The first kappa shape index (κ1) is 20.2. The molecule has 0 aromatic heterocycles. The van der Waals surface area contributed by atoms with Crippen molar-refractivity contribution >= 4 is 11.8 Å². The zero-order chi connectivity index (χ0) is 19.3. The van der Waals surface area contributed by atoms with E-state index in [1.165, 1.54) is 12.1 Å². The minimum absolute atomic E-state index is 0.133. The molecule has 5 nitrogen and oxygen atoms in total. The normalized spacial score (nSPS) is 15.3. The van der Waals surface area contributed by atoms with Gasteiger partial charge < -0.3 is 14.5 Å². The highest BCUT2D eigenvalue weighted by Crippen LogP contribution is 2.21. The molecule has 26 heavy (non-hydrogen) atoms. The summed E-state index contributed by atoms with van der Waals surface area (Å²) < 4.78 is 19.5. The fraction of sp³-hybridized carbons (Fsp3) is 0.600. The molecule has 0 N–H and O–H groups in total. The fourth-order valence-electron chi connectivity index (χ4n) is 3.01. The molecule has 144 valence electrons. The Hall–Kier alpha value is -2.11. The average Bonchev–Trinajstić information content (AvgIpc) is 2.81. The van der Waals surface area contributed by atoms with Gasteiger partial charge in [0.2, 0.25) is 5.91 Å². The van der Waals surface area contributed by atoms with Crippen molar-refractivity contribution < 1.29 is 18.7 Å². The second-order valence-corrected chi connectivity index (χ2v) is 7.44. The van der Waals surface area contributed by atoms with Crippen molar-refractivity contribution in [3.05, 3.63) is 29.6 Å². The van der Waals surface area contributed by atoms with Crippen LogP contribution in [0.15, 0.2) is 18.2 Å². The zero-order valence-electron chi connectivity index (χ0n) is 16.1. The Balaban J connectivity index is 2.01. The topological polar surface area (TPSA) is 49.9 Å². The highest BCUT2D eigenvalue weighted by atomic mass is 19.1. The molecule has 1 aromatic carbocycles. The van der Waals surface area contributed by atoms with E-state index in [1.54, 1.807) is 11.0 Å². The van der Waals surface area contributed by atoms with Gasteiger partial charge in [-0.15, -0.1) is 0 Å². The molecule has 0 atom stereocenters. The van der Waals surface area contributed by atoms with Crippen LogP contribution in [0.5, 0.6) is 5.75 Å². The van der Waals surface area contributed by atoms with E-state index in [0.29, 0.717) is 44.1 Å². The highest BCUT2D eigenvalue weighted by Gasteiger charge is 2.23. The second kappa shape index (κ2) is 9.01. The van der Waals surface area contributed by atoms with Crippen LogP contribution < -0.4 is 4.74 Å². The first-order valence-corrected chi connectivity index (χ1v) is 9.31. The summed E-state index contributed by atoms with van der Waals surface area (Å²) in [6, 6.07) is 4.32. The van der Waals surface area contributed by atoms with E-state index >= 15 is 0 Å². The number of halogens is 1. The molecule has 0 radical (unpaired) electrons. The Kier molecular flexibility index (Phi) is 7.00. The first-order valence-electron chi connectivity index (χ1n) is 9.31. The fourth-order valence-corrected chi connectivity index (χ4v) is 3.01. The van der Waals surface area contributed by atoms with Crippen molar-refractivity contribution in [2.45, 2.75) is 46.6 Å². The summed E-state index contributed by atoms with van der Waals surface area (Å²) in [6.45, 7) is 9.90. The van der Waals surface area contributed by atoms with E-state index in [4.69, 9.17) is 4.74 Å². The van der Waals surface area contributed by atoms with Crippen LogP contribution in [-0.4, -0.2) is 53.9 Å². The summed E-state index contributed by atoms with van der Waals surface area (Å²) in [4.78, 5) is 28.5. The molecular formula is C20H29FN2O3. The predicted octanol–water partition coefficient (Wildman–Crippen LogP) is 3.33. The van der Waals surface area contributed by atoms with Crippen LogP contribution in [0, 0.1) is 11.7 Å². The van der Waals surface area contributed by atoms with E-state index in [1.807, 2.05) is 32.6 Å². The molecule has 0 spiro atoms. The number of hydrogen-bond donors (Lipinski definition) is 0. The summed E-state index contributed by atoms with van der Waals surface area (Å²) in [5.74, 6) is -0.141. The molecule has 0 bridgehead atoms. The molecule has 1 aliphatic heterocycles. The van der Waals surface area contributed by atoms with Crippen molar-refractivity contribution in [1.82, 2.24) is 9.80 Å². The van der Waals surface area contributed by atoms with Gasteiger partial charge in [-0.25, -0.2) is 4.39 Å². The van der Waals surface area contributed by atoms with Crippen LogP contribution in [0.2, 0.25) is 0 Å². The summed E-state index contributed by atoms with van der Waals surface area (Å²) >= 11 is 0. The second-order valence-electron chi connectivity index (χ2n) is 7.44. The van der Waals surface area contributed by atoms with E-state index in [-0.39, 0.29) is 23.7 Å². The van der Waals surface area contributed by atoms with Crippen molar-refractivity contribution in [3.8, 4) is 5.75 Å². The minimum atomic E-state index is -0.534. The molecule has 1 fully saturated rings. The third-order valence-corrected chi connectivity index (χ3v) is 4.26. The summed E-state index contributed by atoms with van der Waals surface area (Å²) in [7, 11) is 0. The van der Waals surface area contributed by atoms with Gasteiger partial charge >= 0.3 is 0 Å². The number of ether oxygens (including phenoxy) is 1. The van der Waals surface area contributed by atoms with Gasteiger partial charge in [0.15, 0.2) is 11.6 Å². The Labute approximate surface area is 155 Å². The largest absolute Gasteiger partial charge is 0.488 e. The highest BCUT2D eigenvalue weighted by molar-refractivity contribution is 5.94. The maximum atomic E-state index is 14.2. The molecule has 0 saturated carbocycles. The van der Waals surface area contributed by atoms with Gasteiger partial charge in [0, 0.05) is 38.2 Å². The van der Waals surface area contributed by atoms with Gasteiger partial charge in [-0.05, 0) is 44.4 Å². The lowest BCUT2D eigenvalue weighted by Crippen LogP contribution is -2.37. The van der Waals surface area contributed by atoms with Gasteiger partial charge in [0.25, 0.3) is 5.91 Å². The molecule has 1 aliphatic rings. The molecule has 0 unspecified atom stereocenters. The van der Waals surface area contributed by atoms with Crippen molar-refractivity contribution in [1.29, 1.82) is 0 Å². The maximum Gasteiger partial charge on any atom is 0.254 e. The van der Waals surface area contributed by atoms with Crippen LogP contribution in [-0.2, 0) is 4.79 Å². The molecule has 1 aromatic rings.